The Balaban J connectivity index is 2.33. The molecule has 0 amide bonds. The molecule has 2 N–H and O–H groups in total. The van der Waals surface area contributed by atoms with Crippen molar-refractivity contribution >= 4 is 5.69 Å². The molecule has 1 aliphatic rings. The first-order valence-electron chi connectivity index (χ1n) is 7.79. The minimum absolute atomic E-state index is 0.0491. The number of rotatable bonds is 3. The Morgan fingerprint density at radius 2 is 1.86 bits per heavy atom. The lowest BCUT2D eigenvalue weighted by Gasteiger charge is -2.28. The summed E-state index contributed by atoms with van der Waals surface area (Å²) in [5.74, 6) is 1.32. The zero-order valence-corrected chi connectivity index (χ0v) is 14.4. The highest BCUT2D eigenvalue weighted by Gasteiger charge is 2.47. The Kier molecular flexibility index (Phi) is 4.00. The van der Waals surface area contributed by atoms with Gasteiger partial charge in [-0.2, -0.15) is 0 Å². The number of aryl methyl sites for hydroxylation is 1. The molecule has 1 aliphatic heterocycles. The molecule has 1 aromatic carbocycles. The maximum absolute atomic E-state index is 6.37. The molecule has 3 heteroatoms. The first kappa shape index (κ1) is 16.2. The van der Waals surface area contributed by atoms with E-state index in [1.54, 1.807) is 0 Å². The quantitative estimate of drug-likeness (QED) is 0.838. The van der Waals surface area contributed by atoms with Gasteiger partial charge in [0.05, 0.1) is 5.60 Å². The van der Waals surface area contributed by atoms with Crippen LogP contribution in [0.2, 0.25) is 0 Å². The highest BCUT2D eigenvalue weighted by molar-refractivity contribution is 5.55. The van der Waals surface area contributed by atoms with Gasteiger partial charge in [0.25, 0.3) is 0 Å². The zero-order chi connectivity index (χ0) is 16.0. The number of hydrogen-bond acceptors (Lipinski definition) is 3. The third kappa shape index (κ3) is 3.34. The van der Waals surface area contributed by atoms with Gasteiger partial charge in [0, 0.05) is 12.1 Å². The summed E-state index contributed by atoms with van der Waals surface area (Å²) in [5.41, 5.74) is 8.68. The Morgan fingerprint density at radius 1 is 1.24 bits per heavy atom. The van der Waals surface area contributed by atoms with Crippen molar-refractivity contribution in [2.45, 2.75) is 78.1 Å². The number of nitrogens with two attached hydrogens (primary N) is 1. The smallest absolute Gasteiger partial charge is 0.130 e. The van der Waals surface area contributed by atoms with Gasteiger partial charge >= 0.3 is 0 Å². The lowest BCUT2D eigenvalue weighted by molar-refractivity contribution is -0.0847. The van der Waals surface area contributed by atoms with Crippen LogP contribution in [0.4, 0.5) is 5.69 Å². The van der Waals surface area contributed by atoms with Crippen LogP contribution in [0.5, 0.6) is 5.75 Å². The molecule has 2 rings (SSSR count). The molecule has 0 aliphatic carbocycles. The van der Waals surface area contributed by atoms with Crippen molar-refractivity contribution in [2.75, 3.05) is 5.73 Å². The van der Waals surface area contributed by atoms with Crippen LogP contribution in [0.3, 0.4) is 0 Å². The SMILES string of the molecule is Cc1cc(OC2CC(C)(C)OC2(C)C)c(C(C)C)cc1N. The standard InChI is InChI=1S/C18H29NO2/c1-11(2)13-9-14(19)12(3)8-15(13)20-16-10-17(4,5)21-18(16,6)7/h8-9,11,16H,10,19H2,1-7H3. The summed E-state index contributed by atoms with van der Waals surface area (Å²) in [6.07, 6.45) is 0.939. The second-order valence-corrected chi connectivity index (χ2v) is 7.68. The topological polar surface area (TPSA) is 44.5 Å². The van der Waals surface area contributed by atoms with E-state index in [2.05, 4.69) is 47.6 Å². The predicted molar refractivity (Wildman–Crippen MR) is 88.0 cm³/mol. The van der Waals surface area contributed by atoms with Gasteiger partial charge in [-0.1, -0.05) is 13.8 Å². The van der Waals surface area contributed by atoms with Crippen LogP contribution in [-0.2, 0) is 4.74 Å². The van der Waals surface area contributed by atoms with Crippen LogP contribution < -0.4 is 10.5 Å². The Hall–Kier alpha value is -1.22. The minimum atomic E-state index is -0.285. The molecule has 21 heavy (non-hydrogen) atoms. The Bertz CT molecular complexity index is 532. The summed E-state index contributed by atoms with van der Waals surface area (Å²) in [5, 5.41) is 0. The predicted octanol–water partition coefficient (Wildman–Crippen LogP) is 4.43. The van der Waals surface area contributed by atoms with Crippen molar-refractivity contribution in [3.05, 3.63) is 23.3 Å². The first-order valence-corrected chi connectivity index (χ1v) is 7.79. The highest BCUT2D eigenvalue weighted by atomic mass is 16.6. The molecule has 0 aromatic heterocycles. The number of ether oxygens (including phenoxy) is 2. The molecular weight excluding hydrogens is 262 g/mol. The summed E-state index contributed by atoms with van der Waals surface area (Å²) in [7, 11) is 0. The van der Waals surface area contributed by atoms with E-state index in [-0.39, 0.29) is 17.3 Å². The van der Waals surface area contributed by atoms with Gasteiger partial charge in [-0.05, 0) is 63.8 Å². The van der Waals surface area contributed by atoms with Gasteiger partial charge < -0.3 is 15.2 Å². The van der Waals surface area contributed by atoms with Crippen LogP contribution in [-0.4, -0.2) is 17.3 Å². The number of benzene rings is 1. The molecule has 0 radical (unpaired) electrons. The van der Waals surface area contributed by atoms with E-state index in [4.69, 9.17) is 15.2 Å². The summed E-state index contributed by atoms with van der Waals surface area (Å²) in [6, 6.07) is 4.11. The number of anilines is 1. The molecular formula is C18H29NO2. The van der Waals surface area contributed by atoms with E-state index in [9.17, 15) is 0 Å². The van der Waals surface area contributed by atoms with Crippen molar-refractivity contribution in [3.8, 4) is 5.75 Å². The molecule has 1 saturated heterocycles. The normalized spacial score (nSPS) is 23.5. The molecule has 0 saturated carbocycles. The fraction of sp³-hybridized carbons (Fsp3) is 0.667. The fourth-order valence-corrected chi connectivity index (χ4v) is 3.12. The monoisotopic (exact) mass is 291 g/mol. The van der Waals surface area contributed by atoms with Crippen LogP contribution >= 0.6 is 0 Å². The van der Waals surface area contributed by atoms with E-state index in [1.165, 1.54) is 5.56 Å². The van der Waals surface area contributed by atoms with Gasteiger partial charge in [-0.3, -0.25) is 0 Å². The molecule has 3 nitrogen and oxygen atoms in total. The molecule has 1 atom stereocenters. The third-order valence-electron chi connectivity index (χ3n) is 4.28. The maximum Gasteiger partial charge on any atom is 0.130 e. The lowest BCUT2D eigenvalue weighted by atomic mass is 9.95. The van der Waals surface area contributed by atoms with Crippen LogP contribution in [0, 0.1) is 6.92 Å². The fourth-order valence-electron chi connectivity index (χ4n) is 3.12. The average Bonchev–Trinajstić information content (AvgIpc) is 2.51. The van der Waals surface area contributed by atoms with Crippen LogP contribution in [0.1, 0.15) is 65.0 Å². The summed E-state index contributed by atoms with van der Waals surface area (Å²) >= 11 is 0. The van der Waals surface area contributed by atoms with Crippen molar-refractivity contribution in [2.24, 2.45) is 0 Å². The van der Waals surface area contributed by atoms with Crippen molar-refractivity contribution in [1.29, 1.82) is 0 Å². The molecule has 0 bridgehead atoms. The molecule has 118 valence electrons. The van der Waals surface area contributed by atoms with E-state index >= 15 is 0 Å². The Labute approximate surface area is 128 Å². The molecule has 1 fully saturated rings. The lowest BCUT2D eigenvalue weighted by Crippen LogP contribution is -2.37. The van der Waals surface area contributed by atoms with Gasteiger partial charge in [-0.15, -0.1) is 0 Å². The number of nitrogen functional groups attached to an aromatic ring is 1. The summed E-state index contributed by atoms with van der Waals surface area (Å²) in [4.78, 5) is 0. The first-order chi connectivity index (χ1) is 9.52. The molecule has 1 heterocycles. The van der Waals surface area contributed by atoms with Crippen LogP contribution in [0.25, 0.3) is 0 Å². The highest BCUT2D eigenvalue weighted by Crippen LogP contribution is 2.41. The van der Waals surface area contributed by atoms with Gasteiger partial charge in [0.2, 0.25) is 0 Å². The third-order valence-corrected chi connectivity index (χ3v) is 4.28. The minimum Gasteiger partial charge on any atom is -0.487 e. The Morgan fingerprint density at radius 3 is 2.33 bits per heavy atom. The van der Waals surface area contributed by atoms with Gasteiger partial charge in [0.1, 0.15) is 17.5 Å². The van der Waals surface area contributed by atoms with E-state index in [1.807, 2.05) is 13.0 Å². The second kappa shape index (κ2) is 5.20. The van der Waals surface area contributed by atoms with Crippen molar-refractivity contribution in [3.63, 3.8) is 0 Å². The van der Waals surface area contributed by atoms with E-state index in [0.717, 1.165) is 23.4 Å². The van der Waals surface area contributed by atoms with Crippen LogP contribution in [0.15, 0.2) is 12.1 Å². The largest absolute Gasteiger partial charge is 0.487 e. The zero-order valence-electron chi connectivity index (χ0n) is 14.4. The van der Waals surface area contributed by atoms with E-state index in [0.29, 0.717) is 5.92 Å². The van der Waals surface area contributed by atoms with Gasteiger partial charge in [0.15, 0.2) is 0 Å². The average molecular weight is 291 g/mol. The second-order valence-electron chi connectivity index (χ2n) is 7.68. The molecule has 0 spiro atoms. The van der Waals surface area contributed by atoms with Gasteiger partial charge in [-0.25, -0.2) is 0 Å². The summed E-state index contributed by atoms with van der Waals surface area (Å²) < 4.78 is 12.5. The van der Waals surface area contributed by atoms with Crippen molar-refractivity contribution < 1.29 is 9.47 Å². The number of hydrogen-bond donors (Lipinski definition) is 1. The molecule has 1 unspecified atom stereocenters. The summed E-state index contributed by atoms with van der Waals surface area (Å²) in [6.45, 7) is 14.8. The maximum atomic E-state index is 6.37. The van der Waals surface area contributed by atoms with Crippen molar-refractivity contribution in [1.82, 2.24) is 0 Å². The van der Waals surface area contributed by atoms with E-state index < -0.39 is 0 Å². The molecule has 1 aromatic rings.